The lowest BCUT2D eigenvalue weighted by Gasteiger charge is -2.14. The van der Waals surface area contributed by atoms with Crippen molar-refractivity contribution >= 4 is 27.4 Å². The van der Waals surface area contributed by atoms with E-state index >= 15 is 0 Å². The number of hydrogen-bond donors (Lipinski definition) is 2. The van der Waals surface area contributed by atoms with Crippen molar-refractivity contribution in [2.75, 3.05) is 18.5 Å². The van der Waals surface area contributed by atoms with E-state index in [0.717, 1.165) is 0 Å². The summed E-state index contributed by atoms with van der Waals surface area (Å²) in [7, 11) is 0. The van der Waals surface area contributed by atoms with Crippen molar-refractivity contribution in [3.8, 4) is 11.5 Å². The van der Waals surface area contributed by atoms with Crippen LogP contribution in [0.3, 0.4) is 0 Å². The van der Waals surface area contributed by atoms with Gasteiger partial charge in [0.1, 0.15) is 16.0 Å². The standard InChI is InChI=1S/C14H16BrN3O3/c1-3-20-9-5-6-11(21-4-2)10(7-9)18-13-12(15)14(19)17-8-16-13/h5-8H,3-4H2,1-2H3,(H2,16,17,18,19). The summed E-state index contributed by atoms with van der Waals surface area (Å²) in [6.45, 7) is 4.92. The maximum absolute atomic E-state index is 11.6. The fraction of sp³-hybridized carbons (Fsp3) is 0.286. The molecule has 0 aliphatic heterocycles. The van der Waals surface area contributed by atoms with Crippen molar-refractivity contribution in [3.05, 3.63) is 39.4 Å². The molecule has 0 aliphatic rings. The molecule has 6 nitrogen and oxygen atoms in total. The highest BCUT2D eigenvalue weighted by Gasteiger charge is 2.10. The summed E-state index contributed by atoms with van der Waals surface area (Å²) in [5.41, 5.74) is 0.424. The number of benzene rings is 1. The van der Waals surface area contributed by atoms with Gasteiger partial charge < -0.3 is 19.8 Å². The maximum atomic E-state index is 11.6. The van der Waals surface area contributed by atoms with E-state index in [9.17, 15) is 4.79 Å². The highest BCUT2D eigenvalue weighted by atomic mass is 79.9. The van der Waals surface area contributed by atoms with Gasteiger partial charge in [0, 0.05) is 6.07 Å². The van der Waals surface area contributed by atoms with Crippen molar-refractivity contribution in [2.45, 2.75) is 13.8 Å². The zero-order chi connectivity index (χ0) is 15.2. The highest BCUT2D eigenvalue weighted by Crippen LogP contribution is 2.32. The molecule has 112 valence electrons. The van der Waals surface area contributed by atoms with Gasteiger partial charge in [0.15, 0.2) is 5.82 Å². The molecule has 0 fully saturated rings. The highest BCUT2D eigenvalue weighted by molar-refractivity contribution is 9.10. The van der Waals surface area contributed by atoms with Crippen LogP contribution in [0.15, 0.2) is 33.8 Å². The summed E-state index contributed by atoms with van der Waals surface area (Å²) in [6, 6.07) is 5.46. The zero-order valence-corrected chi connectivity index (χ0v) is 13.4. The molecule has 0 saturated heterocycles. The van der Waals surface area contributed by atoms with Gasteiger partial charge in [-0.2, -0.15) is 0 Å². The summed E-state index contributed by atoms with van der Waals surface area (Å²) in [5, 5.41) is 3.08. The van der Waals surface area contributed by atoms with Crippen LogP contribution in [0, 0.1) is 0 Å². The number of rotatable bonds is 6. The van der Waals surface area contributed by atoms with Gasteiger partial charge in [-0.25, -0.2) is 4.98 Å². The molecule has 0 amide bonds. The van der Waals surface area contributed by atoms with Crippen molar-refractivity contribution in [2.24, 2.45) is 0 Å². The van der Waals surface area contributed by atoms with Gasteiger partial charge in [-0.3, -0.25) is 4.79 Å². The Morgan fingerprint density at radius 2 is 2.05 bits per heavy atom. The lowest BCUT2D eigenvalue weighted by atomic mass is 10.2. The van der Waals surface area contributed by atoms with Gasteiger partial charge in [-0.05, 0) is 41.9 Å². The molecule has 0 saturated carbocycles. The third-order valence-electron chi connectivity index (χ3n) is 2.61. The van der Waals surface area contributed by atoms with E-state index in [4.69, 9.17) is 9.47 Å². The summed E-state index contributed by atoms with van der Waals surface area (Å²) in [4.78, 5) is 18.2. The lowest BCUT2D eigenvalue weighted by molar-refractivity contribution is 0.332. The molecule has 1 heterocycles. The van der Waals surface area contributed by atoms with Gasteiger partial charge in [-0.1, -0.05) is 0 Å². The van der Waals surface area contributed by atoms with E-state index in [2.05, 4.69) is 31.2 Å². The number of aromatic nitrogens is 2. The largest absolute Gasteiger partial charge is 0.494 e. The summed E-state index contributed by atoms with van der Waals surface area (Å²) >= 11 is 3.21. The molecule has 7 heteroatoms. The van der Waals surface area contributed by atoms with Crippen LogP contribution < -0.4 is 20.3 Å². The zero-order valence-electron chi connectivity index (χ0n) is 11.8. The summed E-state index contributed by atoms with van der Waals surface area (Å²) in [5.74, 6) is 1.78. The number of nitrogens with one attached hydrogen (secondary N) is 2. The fourth-order valence-electron chi connectivity index (χ4n) is 1.74. The van der Waals surface area contributed by atoms with E-state index in [0.29, 0.717) is 40.7 Å². The Hall–Kier alpha value is -2.02. The first-order valence-corrected chi connectivity index (χ1v) is 7.34. The van der Waals surface area contributed by atoms with Crippen LogP contribution in [0.1, 0.15) is 13.8 Å². The number of nitrogens with zero attached hydrogens (tertiary/aromatic N) is 1. The van der Waals surface area contributed by atoms with Crippen LogP contribution in [-0.4, -0.2) is 23.2 Å². The van der Waals surface area contributed by atoms with E-state index in [1.165, 1.54) is 6.33 Å². The van der Waals surface area contributed by atoms with Crippen LogP contribution in [0.2, 0.25) is 0 Å². The number of halogens is 1. The number of anilines is 2. The minimum absolute atomic E-state index is 0.258. The molecule has 0 bridgehead atoms. The summed E-state index contributed by atoms with van der Waals surface area (Å²) < 4.78 is 11.4. The van der Waals surface area contributed by atoms with Crippen LogP contribution in [0.25, 0.3) is 0 Å². The molecule has 0 atom stereocenters. The molecule has 2 aromatic rings. The van der Waals surface area contributed by atoms with Gasteiger partial charge in [0.05, 0.1) is 25.2 Å². The van der Waals surface area contributed by atoms with Crippen molar-refractivity contribution < 1.29 is 9.47 Å². The SMILES string of the molecule is CCOc1ccc(OCC)c(Nc2nc[nH]c(=O)c2Br)c1. The van der Waals surface area contributed by atoms with Gasteiger partial charge in [0.25, 0.3) is 5.56 Å². The third-order valence-corrected chi connectivity index (χ3v) is 3.35. The Morgan fingerprint density at radius 1 is 1.29 bits per heavy atom. The Bertz CT molecular complexity index is 673. The average Bonchev–Trinajstić information content (AvgIpc) is 2.47. The molecule has 1 aromatic carbocycles. The van der Waals surface area contributed by atoms with Crippen LogP contribution in [0.4, 0.5) is 11.5 Å². The fourth-order valence-corrected chi connectivity index (χ4v) is 2.06. The second-order valence-electron chi connectivity index (χ2n) is 4.04. The lowest BCUT2D eigenvalue weighted by Crippen LogP contribution is -2.10. The van der Waals surface area contributed by atoms with Crippen LogP contribution in [0.5, 0.6) is 11.5 Å². The third kappa shape index (κ3) is 3.75. The molecular weight excluding hydrogens is 338 g/mol. The summed E-state index contributed by atoms with van der Waals surface area (Å²) in [6.07, 6.45) is 1.34. The van der Waals surface area contributed by atoms with Crippen molar-refractivity contribution in [1.82, 2.24) is 9.97 Å². The van der Waals surface area contributed by atoms with Crippen LogP contribution in [-0.2, 0) is 0 Å². The van der Waals surface area contributed by atoms with E-state index in [1.54, 1.807) is 0 Å². The molecule has 0 unspecified atom stereocenters. The molecule has 0 spiro atoms. The van der Waals surface area contributed by atoms with Gasteiger partial charge in [0.2, 0.25) is 0 Å². The number of hydrogen-bond acceptors (Lipinski definition) is 5. The quantitative estimate of drug-likeness (QED) is 0.834. The van der Waals surface area contributed by atoms with E-state index in [-0.39, 0.29) is 5.56 Å². The van der Waals surface area contributed by atoms with Crippen LogP contribution >= 0.6 is 15.9 Å². The van der Waals surface area contributed by atoms with Gasteiger partial charge in [-0.15, -0.1) is 0 Å². The first-order chi connectivity index (χ1) is 10.2. The average molecular weight is 354 g/mol. The Morgan fingerprint density at radius 3 is 2.76 bits per heavy atom. The Labute approximate surface area is 130 Å². The van der Waals surface area contributed by atoms with E-state index in [1.807, 2.05) is 32.0 Å². The monoisotopic (exact) mass is 353 g/mol. The second kappa shape index (κ2) is 7.12. The first-order valence-electron chi connectivity index (χ1n) is 6.55. The van der Waals surface area contributed by atoms with Crippen molar-refractivity contribution in [1.29, 1.82) is 0 Å². The van der Waals surface area contributed by atoms with Gasteiger partial charge >= 0.3 is 0 Å². The number of ether oxygens (including phenoxy) is 2. The molecule has 0 aliphatic carbocycles. The minimum Gasteiger partial charge on any atom is -0.494 e. The van der Waals surface area contributed by atoms with E-state index < -0.39 is 0 Å². The molecule has 0 radical (unpaired) electrons. The number of aromatic amines is 1. The first kappa shape index (κ1) is 15.4. The molecule has 1 aromatic heterocycles. The molecular formula is C14H16BrN3O3. The predicted octanol–water partition coefficient (Wildman–Crippen LogP) is 3.07. The Kier molecular flexibility index (Phi) is 5.21. The second-order valence-corrected chi connectivity index (χ2v) is 4.84. The normalized spacial score (nSPS) is 10.2. The smallest absolute Gasteiger partial charge is 0.267 e. The predicted molar refractivity (Wildman–Crippen MR) is 84.6 cm³/mol. The molecule has 2 rings (SSSR count). The molecule has 2 N–H and O–H groups in total. The maximum Gasteiger partial charge on any atom is 0.267 e. The molecule has 21 heavy (non-hydrogen) atoms. The van der Waals surface area contributed by atoms with Crippen molar-refractivity contribution in [3.63, 3.8) is 0 Å². The minimum atomic E-state index is -0.258. The number of H-pyrrole nitrogens is 1. The topological polar surface area (TPSA) is 76.2 Å². The Balaban J connectivity index is 2.38.